The quantitative estimate of drug-likeness (QED) is 0.658. The van der Waals surface area contributed by atoms with Crippen LogP contribution in [0.4, 0.5) is 4.39 Å². The van der Waals surface area contributed by atoms with Gasteiger partial charge in [0.2, 0.25) is 0 Å². The normalized spacial score (nSPS) is 10.5. The number of nitrogens with zero attached hydrogens (tertiary/aromatic N) is 1. The molecule has 0 aliphatic rings. The number of hydrogen-bond donors (Lipinski definition) is 1. The predicted molar refractivity (Wildman–Crippen MR) is 80.6 cm³/mol. The maximum Gasteiger partial charge on any atom is 0.277 e. The number of carbonyl (C=O) groups is 1. The summed E-state index contributed by atoms with van der Waals surface area (Å²) < 4.78 is 23.0. The molecule has 0 heterocycles. The molecule has 0 spiro atoms. The molecular weight excluding hydrogens is 287 g/mol. The van der Waals surface area contributed by atoms with E-state index in [0.29, 0.717) is 17.1 Å². The maximum atomic E-state index is 12.7. The van der Waals surface area contributed by atoms with Gasteiger partial charge in [-0.25, -0.2) is 9.82 Å². The molecule has 0 bridgehead atoms. The van der Waals surface area contributed by atoms with E-state index < -0.39 is 5.91 Å². The van der Waals surface area contributed by atoms with Crippen LogP contribution in [0.15, 0.2) is 53.6 Å². The fourth-order valence-electron chi connectivity index (χ4n) is 1.58. The minimum Gasteiger partial charge on any atom is -0.497 e. The van der Waals surface area contributed by atoms with Gasteiger partial charge in [0.05, 0.1) is 13.3 Å². The van der Waals surface area contributed by atoms with Gasteiger partial charge in [-0.3, -0.25) is 4.79 Å². The van der Waals surface area contributed by atoms with Gasteiger partial charge in [0.1, 0.15) is 17.3 Å². The summed E-state index contributed by atoms with van der Waals surface area (Å²) in [6.45, 7) is -0.160. The Morgan fingerprint density at radius 1 is 1.14 bits per heavy atom. The number of ether oxygens (including phenoxy) is 2. The van der Waals surface area contributed by atoms with Gasteiger partial charge in [0.15, 0.2) is 6.61 Å². The van der Waals surface area contributed by atoms with Crippen molar-refractivity contribution in [3.8, 4) is 11.5 Å². The first-order chi connectivity index (χ1) is 10.7. The fourth-order valence-corrected chi connectivity index (χ4v) is 1.58. The molecule has 0 unspecified atom stereocenters. The molecule has 6 heteroatoms. The molecule has 1 amide bonds. The molecule has 0 atom stereocenters. The van der Waals surface area contributed by atoms with Crippen LogP contribution in [0.25, 0.3) is 0 Å². The SMILES string of the molecule is COc1ccc(OCC(=O)N/N=C\c2ccc(F)cc2)cc1. The molecular formula is C16H15FN2O3. The van der Waals surface area contributed by atoms with E-state index in [4.69, 9.17) is 9.47 Å². The van der Waals surface area contributed by atoms with Crippen molar-refractivity contribution in [1.82, 2.24) is 5.43 Å². The van der Waals surface area contributed by atoms with Gasteiger partial charge in [-0.2, -0.15) is 5.10 Å². The van der Waals surface area contributed by atoms with Crippen LogP contribution in [-0.4, -0.2) is 25.8 Å². The van der Waals surface area contributed by atoms with Gasteiger partial charge < -0.3 is 9.47 Å². The van der Waals surface area contributed by atoms with Crippen LogP contribution in [0.3, 0.4) is 0 Å². The lowest BCUT2D eigenvalue weighted by Gasteiger charge is -2.05. The summed E-state index contributed by atoms with van der Waals surface area (Å²) in [5.74, 6) is 0.544. The number of hydrogen-bond acceptors (Lipinski definition) is 4. The standard InChI is InChI=1S/C16H15FN2O3/c1-21-14-6-8-15(9-7-14)22-11-16(20)19-18-10-12-2-4-13(17)5-3-12/h2-10H,11H2,1H3,(H,19,20)/b18-10-. The zero-order valence-electron chi connectivity index (χ0n) is 12.0. The minimum absolute atomic E-state index is 0.160. The van der Waals surface area contributed by atoms with Gasteiger partial charge in [-0.1, -0.05) is 12.1 Å². The summed E-state index contributed by atoms with van der Waals surface area (Å²) in [5, 5.41) is 3.76. The molecule has 0 fully saturated rings. The third-order valence-electron chi connectivity index (χ3n) is 2.70. The molecule has 2 aromatic rings. The highest BCUT2D eigenvalue weighted by atomic mass is 19.1. The number of nitrogens with one attached hydrogen (secondary N) is 1. The van der Waals surface area contributed by atoms with E-state index in [2.05, 4.69) is 10.5 Å². The molecule has 0 saturated heterocycles. The van der Waals surface area contributed by atoms with E-state index >= 15 is 0 Å². The fraction of sp³-hybridized carbons (Fsp3) is 0.125. The summed E-state index contributed by atoms with van der Waals surface area (Å²) in [6, 6.07) is 12.6. The highest BCUT2D eigenvalue weighted by molar-refractivity contribution is 5.82. The largest absolute Gasteiger partial charge is 0.497 e. The van der Waals surface area contributed by atoms with E-state index in [-0.39, 0.29) is 12.4 Å². The molecule has 22 heavy (non-hydrogen) atoms. The zero-order chi connectivity index (χ0) is 15.8. The Bertz CT molecular complexity index is 639. The molecule has 2 rings (SSSR count). The Balaban J connectivity index is 1.76. The topological polar surface area (TPSA) is 59.9 Å². The molecule has 0 radical (unpaired) electrons. The molecule has 5 nitrogen and oxygen atoms in total. The van der Waals surface area contributed by atoms with Crippen molar-refractivity contribution in [1.29, 1.82) is 0 Å². The minimum atomic E-state index is -0.394. The summed E-state index contributed by atoms with van der Waals surface area (Å²) in [4.78, 5) is 11.5. The smallest absolute Gasteiger partial charge is 0.277 e. The number of hydrazone groups is 1. The van der Waals surface area contributed by atoms with Gasteiger partial charge in [0.25, 0.3) is 5.91 Å². The maximum absolute atomic E-state index is 12.7. The number of amides is 1. The van der Waals surface area contributed by atoms with Crippen LogP contribution in [0.2, 0.25) is 0 Å². The summed E-state index contributed by atoms with van der Waals surface area (Å²) in [5.41, 5.74) is 3.00. The van der Waals surface area contributed by atoms with Crippen LogP contribution in [-0.2, 0) is 4.79 Å². The highest BCUT2D eigenvalue weighted by Crippen LogP contribution is 2.16. The first kappa shape index (κ1) is 15.5. The van der Waals surface area contributed by atoms with Crippen molar-refractivity contribution in [3.05, 3.63) is 59.9 Å². The Labute approximate surface area is 127 Å². The zero-order valence-corrected chi connectivity index (χ0v) is 12.0. The molecule has 0 saturated carbocycles. The van der Waals surface area contributed by atoms with E-state index in [1.807, 2.05) is 0 Å². The van der Waals surface area contributed by atoms with Crippen LogP contribution in [0.1, 0.15) is 5.56 Å². The lowest BCUT2D eigenvalue weighted by atomic mass is 10.2. The molecule has 0 aromatic heterocycles. The average molecular weight is 302 g/mol. The first-order valence-corrected chi connectivity index (χ1v) is 6.52. The van der Waals surface area contributed by atoms with Crippen molar-refractivity contribution in [3.63, 3.8) is 0 Å². The van der Waals surface area contributed by atoms with E-state index in [0.717, 1.165) is 0 Å². The van der Waals surface area contributed by atoms with Crippen molar-refractivity contribution in [2.45, 2.75) is 0 Å². The lowest BCUT2D eigenvalue weighted by Crippen LogP contribution is -2.24. The predicted octanol–water partition coefficient (Wildman–Crippen LogP) is 2.36. The van der Waals surface area contributed by atoms with Crippen molar-refractivity contribution >= 4 is 12.1 Å². The van der Waals surface area contributed by atoms with Crippen molar-refractivity contribution in [2.24, 2.45) is 5.10 Å². The van der Waals surface area contributed by atoms with Gasteiger partial charge in [-0.05, 0) is 42.0 Å². The lowest BCUT2D eigenvalue weighted by molar-refractivity contribution is -0.123. The van der Waals surface area contributed by atoms with E-state index in [9.17, 15) is 9.18 Å². The number of carbonyl (C=O) groups excluding carboxylic acids is 1. The second kappa shape index (κ2) is 7.78. The van der Waals surface area contributed by atoms with Gasteiger partial charge >= 0.3 is 0 Å². The van der Waals surface area contributed by atoms with Crippen molar-refractivity contribution in [2.75, 3.05) is 13.7 Å². The monoisotopic (exact) mass is 302 g/mol. The van der Waals surface area contributed by atoms with Crippen LogP contribution < -0.4 is 14.9 Å². The second-order valence-corrected chi connectivity index (χ2v) is 4.31. The van der Waals surface area contributed by atoms with Crippen molar-refractivity contribution < 1.29 is 18.7 Å². The van der Waals surface area contributed by atoms with Crippen LogP contribution >= 0.6 is 0 Å². The summed E-state index contributed by atoms with van der Waals surface area (Å²) in [7, 11) is 1.57. The third kappa shape index (κ3) is 4.90. The average Bonchev–Trinajstić information content (AvgIpc) is 2.55. The van der Waals surface area contributed by atoms with Gasteiger partial charge in [0, 0.05) is 0 Å². The highest BCUT2D eigenvalue weighted by Gasteiger charge is 2.01. The molecule has 1 N–H and O–H groups in total. The molecule has 114 valence electrons. The Hall–Kier alpha value is -2.89. The Kier molecular flexibility index (Phi) is 5.48. The van der Waals surface area contributed by atoms with E-state index in [1.54, 1.807) is 43.5 Å². The van der Waals surface area contributed by atoms with Crippen LogP contribution in [0.5, 0.6) is 11.5 Å². The molecule has 2 aromatic carbocycles. The van der Waals surface area contributed by atoms with Crippen LogP contribution in [0, 0.1) is 5.82 Å². The number of rotatable bonds is 6. The van der Waals surface area contributed by atoms with Gasteiger partial charge in [-0.15, -0.1) is 0 Å². The summed E-state index contributed by atoms with van der Waals surface area (Å²) in [6.07, 6.45) is 1.42. The summed E-state index contributed by atoms with van der Waals surface area (Å²) >= 11 is 0. The Morgan fingerprint density at radius 3 is 2.41 bits per heavy atom. The van der Waals surface area contributed by atoms with E-state index in [1.165, 1.54) is 18.3 Å². The number of benzene rings is 2. The number of halogens is 1. The molecule has 0 aliphatic carbocycles. The Morgan fingerprint density at radius 2 is 1.77 bits per heavy atom. The number of methoxy groups -OCH3 is 1. The second-order valence-electron chi connectivity index (χ2n) is 4.31. The third-order valence-corrected chi connectivity index (χ3v) is 2.70. The first-order valence-electron chi connectivity index (χ1n) is 6.52. The molecule has 0 aliphatic heterocycles.